The van der Waals surface area contributed by atoms with Gasteiger partial charge in [0.15, 0.2) is 0 Å². The zero-order valence-electron chi connectivity index (χ0n) is 9.84. The standard InChI is InChI=1S/C11H17IN2O2/c1-4-6-7-9(12)11(15)14-10(13-7)8(5-2)16-3/h8H,4-6H2,1-3H3,(H,13,14,15). The first-order valence-corrected chi connectivity index (χ1v) is 6.53. The molecule has 0 aliphatic rings. The van der Waals surface area contributed by atoms with Crippen LogP contribution in [0.2, 0.25) is 0 Å². The summed E-state index contributed by atoms with van der Waals surface area (Å²) in [5.74, 6) is 0.638. The van der Waals surface area contributed by atoms with Gasteiger partial charge < -0.3 is 9.72 Å². The molecule has 4 nitrogen and oxygen atoms in total. The maximum atomic E-state index is 11.7. The number of nitrogens with zero attached hydrogens (tertiary/aromatic N) is 1. The van der Waals surface area contributed by atoms with E-state index >= 15 is 0 Å². The third-order valence-electron chi connectivity index (χ3n) is 2.40. The van der Waals surface area contributed by atoms with Crippen molar-refractivity contribution in [3.63, 3.8) is 0 Å². The van der Waals surface area contributed by atoms with E-state index in [2.05, 4.69) is 16.9 Å². The van der Waals surface area contributed by atoms with Gasteiger partial charge >= 0.3 is 0 Å². The van der Waals surface area contributed by atoms with Crippen LogP contribution in [0.5, 0.6) is 0 Å². The summed E-state index contributed by atoms with van der Waals surface area (Å²) in [7, 11) is 1.63. The summed E-state index contributed by atoms with van der Waals surface area (Å²) in [6.07, 6.45) is 2.48. The lowest BCUT2D eigenvalue weighted by molar-refractivity contribution is 0.0921. The van der Waals surface area contributed by atoms with Crippen LogP contribution < -0.4 is 5.56 Å². The number of hydrogen-bond acceptors (Lipinski definition) is 3. The van der Waals surface area contributed by atoms with Crippen LogP contribution in [-0.2, 0) is 11.2 Å². The van der Waals surface area contributed by atoms with Crippen LogP contribution in [0, 0.1) is 3.57 Å². The average Bonchev–Trinajstić information content (AvgIpc) is 2.27. The molecule has 0 saturated carbocycles. The van der Waals surface area contributed by atoms with Gasteiger partial charge in [-0.25, -0.2) is 4.98 Å². The van der Waals surface area contributed by atoms with Gasteiger partial charge in [0.2, 0.25) is 0 Å². The number of aryl methyl sites for hydroxylation is 1. The van der Waals surface area contributed by atoms with Gasteiger partial charge in [-0.2, -0.15) is 0 Å². The minimum absolute atomic E-state index is 0.0652. The van der Waals surface area contributed by atoms with Crippen molar-refractivity contribution in [2.45, 2.75) is 39.2 Å². The Balaban J connectivity index is 3.17. The number of aromatic amines is 1. The molecular formula is C11H17IN2O2. The summed E-state index contributed by atoms with van der Waals surface area (Å²) in [5.41, 5.74) is 0.807. The molecule has 1 heterocycles. The Morgan fingerprint density at radius 1 is 1.50 bits per heavy atom. The van der Waals surface area contributed by atoms with Crippen molar-refractivity contribution in [2.75, 3.05) is 7.11 Å². The fourth-order valence-corrected chi connectivity index (χ4v) is 2.08. The molecule has 0 aliphatic carbocycles. The number of aromatic nitrogens is 2. The topological polar surface area (TPSA) is 55.0 Å². The third-order valence-corrected chi connectivity index (χ3v) is 3.51. The third kappa shape index (κ3) is 3.04. The molecule has 0 fully saturated rings. The van der Waals surface area contributed by atoms with Gasteiger partial charge in [-0.15, -0.1) is 0 Å². The summed E-state index contributed by atoms with van der Waals surface area (Å²) in [4.78, 5) is 19.0. The van der Waals surface area contributed by atoms with Crippen LogP contribution in [0.4, 0.5) is 0 Å². The van der Waals surface area contributed by atoms with Crippen molar-refractivity contribution >= 4 is 22.6 Å². The predicted molar refractivity (Wildman–Crippen MR) is 71.6 cm³/mol. The first-order valence-electron chi connectivity index (χ1n) is 5.45. The van der Waals surface area contributed by atoms with Crippen LogP contribution in [0.1, 0.15) is 44.3 Å². The van der Waals surface area contributed by atoms with Gasteiger partial charge in [0.25, 0.3) is 5.56 Å². The lowest BCUT2D eigenvalue weighted by Gasteiger charge is -2.13. The second-order valence-corrected chi connectivity index (χ2v) is 4.67. The molecule has 0 radical (unpaired) electrons. The van der Waals surface area contributed by atoms with Crippen LogP contribution in [0.25, 0.3) is 0 Å². The fourth-order valence-electron chi connectivity index (χ4n) is 1.55. The van der Waals surface area contributed by atoms with Gasteiger partial charge in [-0.3, -0.25) is 4.79 Å². The molecule has 0 amide bonds. The molecule has 0 saturated heterocycles. The van der Waals surface area contributed by atoms with Crippen molar-refractivity contribution in [3.8, 4) is 0 Å². The van der Waals surface area contributed by atoms with Gasteiger partial charge in [0.05, 0.1) is 9.26 Å². The van der Waals surface area contributed by atoms with Gasteiger partial charge in [0.1, 0.15) is 11.9 Å². The highest BCUT2D eigenvalue weighted by Crippen LogP contribution is 2.16. The van der Waals surface area contributed by atoms with E-state index in [4.69, 9.17) is 4.74 Å². The number of nitrogens with one attached hydrogen (secondary N) is 1. The Kier molecular flexibility index (Phi) is 5.40. The molecule has 0 bridgehead atoms. The largest absolute Gasteiger partial charge is 0.374 e. The molecular weight excluding hydrogens is 319 g/mol. The Hall–Kier alpha value is -0.430. The summed E-state index contributed by atoms with van der Waals surface area (Å²) in [5, 5.41) is 0. The molecule has 1 unspecified atom stereocenters. The van der Waals surface area contributed by atoms with E-state index in [0.29, 0.717) is 9.39 Å². The summed E-state index contributed by atoms with van der Waals surface area (Å²) in [6, 6.07) is 0. The first-order chi connectivity index (χ1) is 7.63. The van der Waals surface area contributed by atoms with E-state index in [1.165, 1.54) is 0 Å². The zero-order chi connectivity index (χ0) is 12.1. The predicted octanol–water partition coefficient (Wildman–Crippen LogP) is 2.42. The normalized spacial score (nSPS) is 12.8. The van der Waals surface area contributed by atoms with E-state index in [9.17, 15) is 4.79 Å². The van der Waals surface area contributed by atoms with Crippen molar-refractivity contribution < 1.29 is 4.74 Å². The molecule has 1 N–H and O–H groups in total. The summed E-state index contributed by atoms with van der Waals surface area (Å²) >= 11 is 2.05. The lowest BCUT2D eigenvalue weighted by Crippen LogP contribution is -2.20. The SMILES string of the molecule is CCCc1nc(C(CC)OC)[nH]c(=O)c1I. The molecule has 0 spiro atoms. The van der Waals surface area contributed by atoms with Crippen LogP contribution >= 0.6 is 22.6 Å². The van der Waals surface area contributed by atoms with Gasteiger partial charge in [0, 0.05) is 7.11 Å². The smallest absolute Gasteiger partial charge is 0.264 e. The van der Waals surface area contributed by atoms with E-state index in [0.717, 1.165) is 25.0 Å². The zero-order valence-corrected chi connectivity index (χ0v) is 12.0. The molecule has 1 atom stereocenters. The number of methoxy groups -OCH3 is 1. The molecule has 1 rings (SSSR count). The molecule has 1 aromatic rings. The van der Waals surface area contributed by atoms with Crippen LogP contribution in [0.15, 0.2) is 4.79 Å². The van der Waals surface area contributed by atoms with Crippen molar-refractivity contribution in [3.05, 3.63) is 25.4 Å². The van der Waals surface area contributed by atoms with Gasteiger partial charge in [-0.1, -0.05) is 20.3 Å². The Labute approximate surface area is 109 Å². The molecule has 16 heavy (non-hydrogen) atoms. The van der Waals surface area contributed by atoms with Gasteiger partial charge in [-0.05, 0) is 35.4 Å². The quantitative estimate of drug-likeness (QED) is 0.841. The number of halogens is 1. The highest BCUT2D eigenvalue weighted by atomic mass is 127. The minimum Gasteiger partial charge on any atom is -0.374 e. The van der Waals surface area contributed by atoms with Crippen molar-refractivity contribution in [1.29, 1.82) is 0 Å². The van der Waals surface area contributed by atoms with Crippen LogP contribution in [0.3, 0.4) is 0 Å². The summed E-state index contributed by atoms with van der Waals surface area (Å²) < 4.78 is 5.97. The minimum atomic E-state index is -0.125. The molecule has 90 valence electrons. The van der Waals surface area contributed by atoms with Crippen molar-refractivity contribution in [2.24, 2.45) is 0 Å². The van der Waals surface area contributed by atoms with E-state index in [1.54, 1.807) is 7.11 Å². The second-order valence-electron chi connectivity index (χ2n) is 3.59. The maximum absolute atomic E-state index is 11.7. The summed E-state index contributed by atoms with van der Waals surface area (Å²) in [6.45, 7) is 4.08. The number of ether oxygens (including phenoxy) is 1. The van der Waals surface area contributed by atoms with Crippen LogP contribution in [-0.4, -0.2) is 17.1 Å². The van der Waals surface area contributed by atoms with E-state index in [-0.39, 0.29) is 11.7 Å². The van der Waals surface area contributed by atoms with E-state index in [1.807, 2.05) is 29.5 Å². The maximum Gasteiger partial charge on any atom is 0.264 e. The first kappa shape index (κ1) is 13.6. The highest BCUT2D eigenvalue weighted by Gasteiger charge is 2.14. The van der Waals surface area contributed by atoms with Crippen molar-refractivity contribution in [1.82, 2.24) is 9.97 Å². The highest BCUT2D eigenvalue weighted by molar-refractivity contribution is 14.1. The molecule has 5 heteroatoms. The Morgan fingerprint density at radius 2 is 2.19 bits per heavy atom. The monoisotopic (exact) mass is 336 g/mol. The number of rotatable bonds is 5. The Bertz CT molecular complexity index is 399. The number of hydrogen-bond donors (Lipinski definition) is 1. The number of H-pyrrole nitrogens is 1. The molecule has 0 aliphatic heterocycles. The average molecular weight is 336 g/mol. The molecule has 0 aromatic carbocycles. The van der Waals surface area contributed by atoms with E-state index < -0.39 is 0 Å². The Morgan fingerprint density at radius 3 is 2.69 bits per heavy atom. The molecule has 1 aromatic heterocycles. The fraction of sp³-hybridized carbons (Fsp3) is 0.636. The second kappa shape index (κ2) is 6.34. The lowest BCUT2D eigenvalue weighted by atomic mass is 10.2.